The lowest BCUT2D eigenvalue weighted by molar-refractivity contribution is -0.126. The van der Waals surface area contributed by atoms with E-state index in [4.69, 9.17) is 4.74 Å². The lowest BCUT2D eigenvalue weighted by Gasteiger charge is -2.39. The fraction of sp³-hybridized carbons (Fsp3) is 0.556. The standard InChI is InChI=1S/C18H25N3O3/c1-12-6-7-15(24-3)13(9-12)10-21-8-4-5-14(11-21)18(2)16(22)19-17(23)20-18/h6-7,9,14H,4-5,8,10-11H2,1-3H3,(H2,19,20,22,23)/t14-,18+/m0/s1. The molecule has 2 aliphatic rings. The van der Waals surface area contributed by atoms with Gasteiger partial charge in [-0.05, 0) is 39.3 Å². The molecule has 0 spiro atoms. The highest BCUT2D eigenvalue weighted by atomic mass is 16.5. The number of benzene rings is 1. The number of hydrogen-bond acceptors (Lipinski definition) is 4. The average molecular weight is 331 g/mol. The van der Waals surface area contributed by atoms with Gasteiger partial charge < -0.3 is 10.1 Å². The monoisotopic (exact) mass is 331 g/mol. The zero-order valence-electron chi connectivity index (χ0n) is 14.5. The number of amides is 3. The van der Waals surface area contributed by atoms with Crippen LogP contribution in [0, 0.1) is 12.8 Å². The minimum Gasteiger partial charge on any atom is -0.496 e. The normalized spacial score (nSPS) is 27.7. The number of likely N-dealkylation sites (tertiary alicyclic amines) is 1. The molecule has 0 unspecified atom stereocenters. The Bertz CT molecular complexity index is 661. The number of urea groups is 1. The van der Waals surface area contributed by atoms with Crippen molar-refractivity contribution in [1.82, 2.24) is 15.5 Å². The Labute approximate surface area is 142 Å². The van der Waals surface area contributed by atoms with Crippen LogP contribution in [0.2, 0.25) is 0 Å². The van der Waals surface area contributed by atoms with Crippen molar-refractivity contribution in [1.29, 1.82) is 0 Å². The van der Waals surface area contributed by atoms with Crippen LogP contribution in [-0.4, -0.2) is 42.6 Å². The largest absolute Gasteiger partial charge is 0.496 e. The number of rotatable bonds is 4. The summed E-state index contributed by atoms with van der Waals surface area (Å²) in [6.07, 6.45) is 1.95. The van der Waals surface area contributed by atoms with Gasteiger partial charge in [-0.1, -0.05) is 17.7 Å². The molecule has 0 saturated carbocycles. The van der Waals surface area contributed by atoms with Crippen LogP contribution in [-0.2, 0) is 11.3 Å². The van der Waals surface area contributed by atoms with Gasteiger partial charge in [0.25, 0.3) is 5.91 Å². The number of nitrogens with one attached hydrogen (secondary N) is 2. The predicted octanol–water partition coefficient (Wildman–Crippen LogP) is 1.81. The molecule has 0 bridgehead atoms. The maximum absolute atomic E-state index is 12.2. The van der Waals surface area contributed by atoms with Crippen LogP contribution < -0.4 is 15.4 Å². The molecule has 2 atom stereocenters. The summed E-state index contributed by atoms with van der Waals surface area (Å²) < 4.78 is 5.47. The Morgan fingerprint density at radius 2 is 2.17 bits per heavy atom. The summed E-state index contributed by atoms with van der Waals surface area (Å²) in [6.45, 7) is 6.45. The molecule has 2 aliphatic heterocycles. The van der Waals surface area contributed by atoms with Crippen molar-refractivity contribution in [3.05, 3.63) is 29.3 Å². The van der Waals surface area contributed by atoms with Gasteiger partial charge in [-0.2, -0.15) is 0 Å². The van der Waals surface area contributed by atoms with E-state index in [-0.39, 0.29) is 17.9 Å². The summed E-state index contributed by atoms with van der Waals surface area (Å²) in [5.41, 5.74) is 1.55. The highest BCUT2D eigenvalue weighted by Gasteiger charge is 2.48. The molecule has 1 aromatic carbocycles. The van der Waals surface area contributed by atoms with Crippen LogP contribution in [0.15, 0.2) is 18.2 Å². The van der Waals surface area contributed by atoms with Crippen LogP contribution in [0.3, 0.4) is 0 Å². The van der Waals surface area contributed by atoms with Crippen LogP contribution in [0.1, 0.15) is 30.9 Å². The van der Waals surface area contributed by atoms with E-state index in [9.17, 15) is 9.59 Å². The average Bonchev–Trinajstić information content (AvgIpc) is 2.81. The van der Waals surface area contributed by atoms with Crippen molar-refractivity contribution >= 4 is 11.9 Å². The molecule has 24 heavy (non-hydrogen) atoms. The number of aryl methyl sites for hydroxylation is 1. The van der Waals surface area contributed by atoms with E-state index in [0.717, 1.165) is 43.8 Å². The van der Waals surface area contributed by atoms with Crippen molar-refractivity contribution < 1.29 is 14.3 Å². The summed E-state index contributed by atoms with van der Waals surface area (Å²) in [5, 5.41) is 5.18. The first-order chi connectivity index (χ1) is 11.4. The minimum absolute atomic E-state index is 0.105. The minimum atomic E-state index is -0.813. The number of carbonyl (C=O) groups excluding carboxylic acids is 2. The van der Waals surface area contributed by atoms with Gasteiger partial charge in [0.15, 0.2) is 0 Å². The van der Waals surface area contributed by atoms with Crippen molar-refractivity contribution in [2.24, 2.45) is 5.92 Å². The van der Waals surface area contributed by atoms with Crippen molar-refractivity contribution in [3.8, 4) is 5.75 Å². The summed E-state index contributed by atoms with van der Waals surface area (Å²) in [6, 6.07) is 5.80. The molecule has 3 amide bonds. The van der Waals surface area contributed by atoms with E-state index >= 15 is 0 Å². The Morgan fingerprint density at radius 3 is 2.83 bits per heavy atom. The fourth-order valence-electron chi connectivity index (χ4n) is 3.79. The topological polar surface area (TPSA) is 70.7 Å². The predicted molar refractivity (Wildman–Crippen MR) is 90.8 cm³/mol. The molecule has 6 heteroatoms. The SMILES string of the molecule is COc1ccc(C)cc1CN1CCC[C@H]([C@@]2(C)NC(=O)NC2=O)C1. The number of imide groups is 1. The molecule has 2 saturated heterocycles. The summed E-state index contributed by atoms with van der Waals surface area (Å²) in [5.74, 6) is 0.779. The van der Waals surface area contributed by atoms with Crippen LogP contribution >= 0.6 is 0 Å². The fourth-order valence-corrected chi connectivity index (χ4v) is 3.79. The number of carbonyl (C=O) groups is 2. The Balaban J connectivity index is 1.74. The first-order valence-electron chi connectivity index (χ1n) is 8.42. The molecule has 1 aromatic rings. The number of piperidine rings is 1. The highest BCUT2D eigenvalue weighted by molar-refractivity contribution is 6.07. The molecule has 2 heterocycles. The number of hydrogen-bond donors (Lipinski definition) is 2. The van der Waals surface area contributed by atoms with Crippen molar-refractivity contribution in [3.63, 3.8) is 0 Å². The van der Waals surface area contributed by atoms with E-state index in [2.05, 4.69) is 28.5 Å². The summed E-state index contributed by atoms with van der Waals surface area (Å²) >= 11 is 0. The van der Waals surface area contributed by atoms with Gasteiger partial charge in [-0.3, -0.25) is 15.0 Å². The van der Waals surface area contributed by atoms with E-state index in [1.165, 1.54) is 5.56 Å². The number of nitrogens with zero attached hydrogens (tertiary/aromatic N) is 1. The molecule has 2 fully saturated rings. The molecule has 6 nitrogen and oxygen atoms in total. The Hall–Kier alpha value is -2.08. The molecule has 130 valence electrons. The maximum Gasteiger partial charge on any atom is 0.322 e. The number of methoxy groups -OCH3 is 1. The van der Waals surface area contributed by atoms with Crippen LogP contribution in [0.4, 0.5) is 4.79 Å². The van der Waals surface area contributed by atoms with Gasteiger partial charge in [0.1, 0.15) is 11.3 Å². The number of ether oxygens (including phenoxy) is 1. The van der Waals surface area contributed by atoms with Gasteiger partial charge in [-0.15, -0.1) is 0 Å². The van der Waals surface area contributed by atoms with Gasteiger partial charge >= 0.3 is 6.03 Å². The molecular formula is C18H25N3O3. The van der Waals surface area contributed by atoms with E-state index < -0.39 is 5.54 Å². The van der Waals surface area contributed by atoms with Gasteiger partial charge in [-0.25, -0.2) is 4.79 Å². The van der Waals surface area contributed by atoms with E-state index in [1.54, 1.807) is 7.11 Å². The first-order valence-corrected chi connectivity index (χ1v) is 8.42. The van der Waals surface area contributed by atoms with E-state index in [0.29, 0.717) is 0 Å². The second kappa shape index (κ2) is 6.43. The molecule has 0 aliphatic carbocycles. The first kappa shape index (κ1) is 16.8. The lowest BCUT2D eigenvalue weighted by atomic mass is 9.80. The van der Waals surface area contributed by atoms with Crippen LogP contribution in [0.25, 0.3) is 0 Å². The smallest absolute Gasteiger partial charge is 0.322 e. The lowest BCUT2D eigenvalue weighted by Crippen LogP contribution is -2.55. The third-order valence-corrected chi connectivity index (χ3v) is 5.22. The van der Waals surface area contributed by atoms with Crippen molar-refractivity contribution in [2.75, 3.05) is 20.2 Å². The molecular weight excluding hydrogens is 306 g/mol. The highest BCUT2D eigenvalue weighted by Crippen LogP contribution is 2.31. The molecule has 0 radical (unpaired) electrons. The second-order valence-electron chi connectivity index (χ2n) is 7.00. The summed E-state index contributed by atoms with van der Waals surface area (Å²) in [7, 11) is 1.69. The van der Waals surface area contributed by atoms with Gasteiger partial charge in [0.05, 0.1) is 7.11 Å². The third-order valence-electron chi connectivity index (χ3n) is 5.22. The Morgan fingerprint density at radius 1 is 1.38 bits per heavy atom. The van der Waals surface area contributed by atoms with Crippen LogP contribution in [0.5, 0.6) is 5.75 Å². The maximum atomic E-state index is 12.2. The third kappa shape index (κ3) is 3.11. The molecule has 2 N–H and O–H groups in total. The quantitative estimate of drug-likeness (QED) is 0.826. The zero-order valence-corrected chi connectivity index (χ0v) is 14.5. The second-order valence-corrected chi connectivity index (χ2v) is 7.00. The summed E-state index contributed by atoms with van der Waals surface area (Å²) in [4.78, 5) is 26.1. The van der Waals surface area contributed by atoms with Gasteiger partial charge in [0.2, 0.25) is 0 Å². The van der Waals surface area contributed by atoms with Gasteiger partial charge in [0, 0.05) is 24.6 Å². The zero-order chi connectivity index (χ0) is 17.3. The van der Waals surface area contributed by atoms with E-state index in [1.807, 2.05) is 19.1 Å². The Kier molecular flexibility index (Phi) is 4.49. The van der Waals surface area contributed by atoms with Crippen molar-refractivity contribution in [2.45, 2.75) is 38.8 Å². The molecule has 3 rings (SSSR count). The molecule has 0 aromatic heterocycles.